The van der Waals surface area contributed by atoms with E-state index in [0.29, 0.717) is 22.6 Å². The van der Waals surface area contributed by atoms with Gasteiger partial charge in [-0.05, 0) is 36.6 Å². The summed E-state index contributed by atoms with van der Waals surface area (Å²) in [6, 6.07) is 29.9. The summed E-state index contributed by atoms with van der Waals surface area (Å²) in [5, 5.41) is 4.80. The molecular formula is C27H23NO4. The minimum atomic E-state index is -0.968. The molecule has 0 heterocycles. The van der Waals surface area contributed by atoms with E-state index >= 15 is 0 Å². The first-order valence-electron chi connectivity index (χ1n) is 10.4. The average molecular weight is 425 g/mol. The lowest BCUT2D eigenvalue weighted by Gasteiger charge is -2.16. The summed E-state index contributed by atoms with van der Waals surface area (Å²) in [4.78, 5) is 25.5. The minimum absolute atomic E-state index is 0.214. The quantitative estimate of drug-likeness (QED) is 0.391. The Hall–Kier alpha value is -4.12. The number of fused-ring (bicyclic) bond motifs is 1. The van der Waals surface area contributed by atoms with E-state index in [1.807, 2.05) is 78.9 Å². The third kappa shape index (κ3) is 4.95. The highest BCUT2D eigenvalue weighted by atomic mass is 16.5. The predicted octanol–water partition coefficient (Wildman–Crippen LogP) is 5.60. The number of nitrogens with one attached hydrogen (secondary N) is 1. The number of carbonyl (C=O) groups excluding carboxylic acids is 2. The van der Waals surface area contributed by atoms with E-state index in [0.717, 1.165) is 10.8 Å². The number of hydrogen-bond donors (Lipinski definition) is 1. The number of rotatable bonds is 7. The molecule has 0 aliphatic carbocycles. The van der Waals surface area contributed by atoms with Crippen LogP contribution in [0.4, 0.5) is 5.69 Å². The summed E-state index contributed by atoms with van der Waals surface area (Å²) >= 11 is 0. The van der Waals surface area contributed by atoms with E-state index in [1.165, 1.54) is 0 Å². The Bertz CT molecular complexity index is 1230. The number of hydrogen-bond acceptors (Lipinski definition) is 4. The maximum absolute atomic E-state index is 12.8. The highest BCUT2D eigenvalue weighted by molar-refractivity contribution is 6.04. The molecule has 0 saturated heterocycles. The highest BCUT2D eigenvalue weighted by Crippen LogP contribution is 2.23. The number of benzene rings is 4. The van der Waals surface area contributed by atoms with Gasteiger partial charge in [0, 0.05) is 16.6 Å². The number of ether oxygens (including phenoxy) is 2. The molecule has 0 saturated carbocycles. The van der Waals surface area contributed by atoms with Gasteiger partial charge in [-0.15, -0.1) is 0 Å². The highest BCUT2D eigenvalue weighted by Gasteiger charge is 2.21. The minimum Gasteiger partial charge on any atom is -0.489 e. The van der Waals surface area contributed by atoms with Crippen molar-refractivity contribution in [3.63, 3.8) is 0 Å². The largest absolute Gasteiger partial charge is 0.489 e. The summed E-state index contributed by atoms with van der Waals surface area (Å²) in [6.45, 7) is 1.77. The summed E-state index contributed by atoms with van der Waals surface area (Å²) in [5.41, 5.74) is 1.73. The number of amides is 1. The zero-order valence-corrected chi connectivity index (χ0v) is 17.7. The van der Waals surface area contributed by atoms with Crippen LogP contribution < -0.4 is 10.1 Å². The molecule has 160 valence electrons. The first kappa shape index (κ1) is 21.1. The molecule has 1 amide bonds. The maximum atomic E-state index is 12.8. The average Bonchev–Trinajstić information content (AvgIpc) is 2.83. The van der Waals surface area contributed by atoms with Crippen molar-refractivity contribution in [2.24, 2.45) is 0 Å². The topological polar surface area (TPSA) is 64.6 Å². The molecule has 1 unspecified atom stereocenters. The Labute approximate surface area is 186 Å². The molecule has 0 fully saturated rings. The Morgan fingerprint density at radius 1 is 0.812 bits per heavy atom. The number of para-hydroxylation sites is 1. The fourth-order valence-corrected chi connectivity index (χ4v) is 3.37. The van der Waals surface area contributed by atoms with E-state index in [-0.39, 0.29) is 6.61 Å². The van der Waals surface area contributed by atoms with Crippen LogP contribution in [0.2, 0.25) is 0 Å². The molecule has 0 bridgehead atoms. The molecule has 0 aromatic heterocycles. The SMILES string of the molecule is CC(OC(=O)c1ccccc1COc1ccccc1)C(=O)Nc1cccc2ccccc12. The third-order valence-electron chi connectivity index (χ3n) is 5.08. The lowest BCUT2D eigenvalue weighted by Crippen LogP contribution is -2.30. The fraction of sp³-hybridized carbons (Fsp3) is 0.111. The molecule has 1 atom stereocenters. The van der Waals surface area contributed by atoms with Crippen LogP contribution in [-0.2, 0) is 16.1 Å². The normalized spacial score (nSPS) is 11.5. The molecule has 0 spiro atoms. The van der Waals surface area contributed by atoms with Gasteiger partial charge in [-0.1, -0.05) is 72.8 Å². The van der Waals surface area contributed by atoms with Gasteiger partial charge in [0.05, 0.1) is 5.56 Å². The van der Waals surface area contributed by atoms with Gasteiger partial charge in [0.2, 0.25) is 0 Å². The zero-order valence-electron chi connectivity index (χ0n) is 17.7. The van der Waals surface area contributed by atoms with Gasteiger partial charge in [-0.3, -0.25) is 4.79 Å². The van der Waals surface area contributed by atoms with E-state index in [2.05, 4.69) is 5.32 Å². The van der Waals surface area contributed by atoms with Crippen molar-refractivity contribution >= 4 is 28.3 Å². The molecule has 4 rings (SSSR count). The van der Waals surface area contributed by atoms with Crippen molar-refractivity contribution < 1.29 is 19.1 Å². The van der Waals surface area contributed by atoms with E-state index in [1.54, 1.807) is 25.1 Å². The van der Waals surface area contributed by atoms with E-state index in [4.69, 9.17) is 9.47 Å². The van der Waals surface area contributed by atoms with Crippen molar-refractivity contribution in [3.8, 4) is 5.75 Å². The third-order valence-corrected chi connectivity index (χ3v) is 5.08. The van der Waals surface area contributed by atoms with E-state index < -0.39 is 18.0 Å². The molecule has 4 aromatic carbocycles. The number of esters is 1. The molecule has 5 nitrogen and oxygen atoms in total. The predicted molar refractivity (Wildman–Crippen MR) is 125 cm³/mol. The standard InChI is InChI=1S/C27H23NO4/c1-19(26(29)28-25-17-9-12-20-10-5-7-15-23(20)25)32-27(30)24-16-8-6-11-21(24)18-31-22-13-3-2-4-14-22/h2-17,19H,18H2,1H3,(H,28,29). The second-order valence-electron chi connectivity index (χ2n) is 7.32. The lowest BCUT2D eigenvalue weighted by molar-refractivity contribution is -0.123. The van der Waals surface area contributed by atoms with Crippen LogP contribution >= 0.6 is 0 Å². The molecule has 0 aliphatic heterocycles. The smallest absolute Gasteiger partial charge is 0.339 e. The van der Waals surface area contributed by atoms with Crippen LogP contribution in [0.25, 0.3) is 10.8 Å². The first-order chi connectivity index (χ1) is 15.6. The molecule has 0 radical (unpaired) electrons. The Balaban J connectivity index is 1.42. The molecule has 0 aliphatic rings. The Kier molecular flexibility index (Phi) is 6.46. The van der Waals surface area contributed by atoms with Crippen LogP contribution in [0.15, 0.2) is 97.1 Å². The van der Waals surface area contributed by atoms with Crippen molar-refractivity contribution in [1.29, 1.82) is 0 Å². The van der Waals surface area contributed by atoms with Crippen LogP contribution in [0.5, 0.6) is 5.75 Å². The van der Waals surface area contributed by atoms with E-state index in [9.17, 15) is 9.59 Å². The molecule has 32 heavy (non-hydrogen) atoms. The number of carbonyl (C=O) groups is 2. The summed E-state index contributed by atoms with van der Waals surface area (Å²) in [5.74, 6) is -0.260. The molecular weight excluding hydrogens is 402 g/mol. The summed E-state index contributed by atoms with van der Waals surface area (Å²) in [6.07, 6.45) is -0.968. The fourth-order valence-electron chi connectivity index (χ4n) is 3.37. The van der Waals surface area contributed by atoms with Gasteiger partial charge in [0.1, 0.15) is 12.4 Å². The van der Waals surface area contributed by atoms with Gasteiger partial charge in [0.25, 0.3) is 5.91 Å². The van der Waals surface area contributed by atoms with Crippen molar-refractivity contribution in [1.82, 2.24) is 0 Å². The zero-order chi connectivity index (χ0) is 22.3. The van der Waals surface area contributed by atoms with Crippen molar-refractivity contribution in [2.45, 2.75) is 19.6 Å². The monoisotopic (exact) mass is 425 g/mol. The maximum Gasteiger partial charge on any atom is 0.339 e. The summed E-state index contributed by atoms with van der Waals surface area (Å²) in [7, 11) is 0. The van der Waals surface area contributed by atoms with Gasteiger partial charge >= 0.3 is 5.97 Å². The summed E-state index contributed by atoms with van der Waals surface area (Å²) < 4.78 is 11.2. The van der Waals surface area contributed by atoms with Crippen LogP contribution in [0.1, 0.15) is 22.8 Å². The van der Waals surface area contributed by atoms with Crippen molar-refractivity contribution in [2.75, 3.05) is 5.32 Å². The second kappa shape index (κ2) is 9.79. The van der Waals surface area contributed by atoms with Crippen LogP contribution in [-0.4, -0.2) is 18.0 Å². The first-order valence-corrected chi connectivity index (χ1v) is 10.4. The second-order valence-corrected chi connectivity index (χ2v) is 7.32. The van der Waals surface area contributed by atoms with Crippen molar-refractivity contribution in [3.05, 3.63) is 108 Å². The molecule has 4 aromatic rings. The molecule has 1 N–H and O–H groups in total. The number of anilines is 1. The van der Waals surface area contributed by atoms with Gasteiger partial charge in [-0.25, -0.2) is 4.79 Å². The van der Waals surface area contributed by atoms with Gasteiger partial charge < -0.3 is 14.8 Å². The molecule has 5 heteroatoms. The Morgan fingerprint density at radius 3 is 2.34 bits per heavy atom. The van der Waals surface area contributed by atoms with Gasteiger partial charge in [0.15, 0.2) is 6.10 Å². The van der Waals surface area contributed by atoms with Gasteiger partial charge in [-0.2, -0.15) is 0 Å². The van der Waals surface area contributed by atoms with Crippen LogP contribution in [0.3, 0.4) is 0 Å². The lowest BCUT2D eigenvalue weighted by atomic mass is 10.1. The van der Waals surface area contributed by atoms with Crippen LogP contribution in [0, 0.1) is 0 Å². The Morgan fingerprint density at radius 2 is 1.50 bits per heavy atom.